The van der Waals surface area contributed by atoms with Gasteiger partial charge in [-0.2, -0.15) is 0 Å². The highest BCUT2D eigenvalue weighted by Crippen LogP contribution is 2.65. The molecule has 2 heterocycles. The van der Waals surface area contributed by atoms with Gasteiger partial charge in [0, 0.05) is 42.2 Å². The quantitative estimate of drug-likeness (QED) is 0.354. The Morgan fingerprint density at radius 1 is 1.12 bits per heavy atom. The van der Waals surface area contributed by atoms with E-state index in [1.165, 1.54) is 5.56 Å². The number of rotatable bonds is 7. The molecule has 0 radical (unpaired) electrons. The fourth-order valence-corrected chi connectivity index (χ4v) is 8.85. The number of likely N-dealkylation sites (N-methyl/N-ethyl adjacent to an activating group) is 1. The van der Waals surface area contributed by atoms with E-state index >= 15 is 0 Å². The number of benzene rings is 3. The van der Waals surface area contributed by atoms with Crippen LogP contribution in [0.3, 0.4) is 0 Å². The van der Waals surface area contributed by atoms with Crippen molar-refractivity contribution in [2.24, 2.45) is 5.92 Å². The van der Waals surface area contributed by atoms with Gasteiger partial charge in [0.05, 0.1) is 29.6 Å². The highest BCUT2D eigenvalue weighted by Gasteiger charge is 2.67. The highest BCUT2D eigenvalue weighted by molar-refractivity contribution is 6.42. The number of halogens is 2. The number of aromatic hydroxyl groups is 1. The number of hydrogen-bond donors (Lipinski definition) is 1. The molecule has 0 aromatic heterocycles. The minimum atomic E-state index is -0.274. The third kappa shape index (κ3) is 4.29. The van der Waals surface area contributed by atoms with Crippen molar-refractivity contribution in [2.75, 3.05) is 27.2 Å². The number of carbonyl (C=O) groups excluding carboxylic acids is 1. The van der Waals surface area contributed by atoms with Gasteiger partial charge in [-0.1, -0.05) is 59.6 Å². The molecule has 42 heavy (non-hydrogen) atoms. The molecule has 4 aliphatic rings. The van der Waals surface area contributed by atoms with E-state index in [1.54, 1.807) is 25.3 Å². The molecule has 8 heteroatoms. The number of likely N-dealkylation sites (tertiary alicyclic amines) is 1. The number of piperidine rings is 1. The Bertz CT molecular complexity index is 1530. The Hall–Kier alpha value is -2.93. The van der Waals surface area contributed by atoms with Crippen LogP contribution in [0.1, 0.15) is 41.5 Å². The molecule has 2 aliphatic heterocycles. The molecule has 6 nitrogen and oxygen atoms in total. The summed E-state index contributed by atoms with van der Waals surface area (Å²) in [5, 5.41) is 12.2. The van der Waals surface area contributed by atoms with Crippen LogP contribution in [-0.4, -0.2) is 66.2 Å². The molecule has 1 amide bonds. The monoisotopic (exact) mass is 606 g/mol. The minimum Gasteiger partial charge on any atom is -0.508 e. The van der Waals surface area contributed by atoms with E-state index in [-0.39, 0.29) is 35.6 Å². The van der Waals surface area contributed by atoms with Crippen molar-refractivity contribution in [1.29, 1.82) is 0 Å². The van der Waals surface area contributed by atoms with Gasteiger partial charge in [0.15, 0.2) is 11.5 Å². The van der Waals surface area contributed by atoms with Crippen molar-refractivity contribution in [2.45, 2.75) is 62.1 Å². The molecule has 220 valence electrons. The standard InChI is InChI=1S/C34H36Cl2N2O4/c1-37(30(40)17-21-8-10-24(35)25(36)16-21)26-11-9-23-27-18-22-28(39)19-29(41-2)32-31(22)34(23,33(26)42-32)13-15-38(27)14-12-20-6-4-3-5-7-20/h3-8,10,16,19,23,26-27,33,39H,9,11-15,17-18H2,1-2H3/t23-,26+,27+,33-,34-/m0/s1. The van der Waals surface area contributed by atoms with Crippen LogP contribution in [-0.2, 0) is 29.5 Å². The average molecular weight is 608 g/mol. The Kier molecular flexibility index (Phi) is 7.07. The summed E-state index contributed by atoms with van der Waals surface area (Å²) < 4.78 is 12.6. The summed E-state index contributed by atoms with van der Waals surface area (Å²) in [5.74, 6) is 2.02. The van der Waals surface area contributed by atoms with E-state index in [0.717, 1.165) is 67.6 Å². The summed E-state index contributed by atoms with van der Waals surface area (Å²) in [6.45, 7) is 1.94. The number of ether oxygens (including phenoxy) is 2. The van der Waals surface area contributed by atoms with Gasteiger partial charge >= 0.3 is 0 Å². The molecule has 1 saturated heterocycles. The summed E-state index contributed by atoms with van der Waals surface area (Å²) >= 11 is 12.4. The van der Waals surface area contributed by atoms with Crippen molar-refractivity contribution >= 4 is 29.1 Å². The summed E-state index contributed by atoms with van der Waals surface area (Å²) in [7, 11) is 3.53. The predicted molar refractivity (Wildman–Crippen MR) is 164 cm³/mol. The second kappa shape index (κ2) is 10.7. The van der Waals surface area contributed by atoms with Crippen LogP contribution in [0.5, 0.6) is 17.2 Å². The van der Waals surface area contributed by atoms with Gasteiger partial charge < -0.3 is 19.5 Å². The zero-order valence-corrected chi connectivity index (χ0v) is 25.5. The van der Waals surface area contributed by atoms with E-state index in [0.29, 0.717) is 27.8 Å². The van der Waals surface area contributed by atoms with Crippen LogP contribution in [0, 0.1) is 5.92 Å². The van der Waals surface area contributed by atoms with E-state index in [9.17, 15) is 9.90 Å². The fourth-order valence-electron chi connectivity index (χ4n) is 8.53. The molecule has 3 aromatic carbocycles. The van der Waals surface area contributed by atoms with Gasteiger partial charge in [0.25, 0.3) is 0 Å². The second-order valence-corrected chi connectivity index (χ2v) is 13.1. The average Bonchev–Trinajstić information content (AvgIpc) is 3.33. The summed E-state index contributed by atoms with van der Waals surface area (Å²) in [4.78, 5) is 18.2. The Morgan fingerprint density at radius 2 is 1.93 bits per heavy atom. The molecule has 0 unspecified atom stereocenters. The maximum absolute atomic E-state index is 13.7. The number of methoxy groups -OCH3 is 1. The number of nitrogens with zero attached hydrogens (tertiary/aromatic N) is 2. The molecule has 1 N–H and O–H groups in total. The van der Waals surface area contributed by atoms with Gasteiger partial charge in [-0.15, -0.1) is 0 Å². The Morgan fingerprint density at radius 3 is 2.69 bits per heavy atom. The first-order valence-corrected chi connectivity index (χ1v) is 15.6. The SMILES string of the molecule is COc1cc(O)c2c3c1O[C@H]1[C@H](N(C)C(=O)Cc4ccc(Cl)c(Cl)c4)CC[C@H]4[C@@H](C2)N(CCc2ccccc2)CC[C@@]341. The first kappa shape index (κ1) is 27.9. The Labute approximate surface area is 257 Å². The lowest BCUT2D eigenvalue weighted by Crippen LogP contribution is -2.69. The largest absolute Gasteiger partial charge is 0.508 e. The summed E-state index contributed by atoms with van der Waals surface area (Å²) in [6, 6.07) is 17.9. The van der Waals surface area contributed by atoms with Crippen LogP contribution in [0.2, 0.25) is 10.0 Å². The van der Waals surface area contributed by atoms with E-state index in [1.807, 2.05) is 18.0 Å². The fraction of sp³-hybridized carbons (Fsp3) is 0.441. The molecule has 1 saturated carbocycles. The predicted octanol–water partition coefficient (Wildman–Crippen LogP) is 6.06. The van der Waals surface area contributed by atoms with Crippen LogP contribution < -0.4 is 9.47 Å². The van der Waals surface area contributed by atoms with Crippen molar-refractivity contribution in [3.63, 3.8) is 0 Å². The van der Waals surface area contributed by atoms with Gasteiger partial charge in [0.2, 0.25) is 5.91 Å². The highest BCUT2D eigenvalue weighted by atomic mass is 35.5. The molecule has 2 fully saturated rings. The Balaban J connectivity index is 1.22. The topological polar surface area (TPSA) is 62.2 Å². The number of hydrogen-bond acceptors (Lipinski definition) is 5. The van der Waals surface area contributed by atoms with E-state index in [2.05, 4.69) is 35.2 Å². The van der Waals surface area contributed by atoms with E-state index in [4.69, 9.17) is 32.7 Å². The van der Waals surface area contributed by atoms with Crippen molar-refractivity contribution < 1.29 is 19.4 Å². The molecule has 2 aliphatic carbocycles. The lowest BCUT2D eigenvalue weighted by Gasteiger charge is -2.60. The number of amides is 1. The van der Waals surface area contributed by atoms with Crippen LogP contribution >= 0.6 is 23.2 Å². The normalized spacial score (nSPS) is 27.2. The zero-order valence-electron chi connectivity index (χ0n) is 24.0. The van der Waals surface area contributed by atoms with Gasteiger partial charge in [-0.05, 0) is 67.8 Å². The second-order valence-electron chi connectivity index (χ2n) is 12.3. The number of carbonyl (C=O) groups is 1. The van der Waals surface area contributed by atoms with Crippen molar-refractivity contribution in [1.82, 2.24) is 9.80 Å². The number of phenols is 1. The lowest BCUT2D eigenvalue weighted by atomic mass is 9.50. The summed E-state index contributed by atoms with van der Waals surface area (Å²) in [5.41, 5.74) is 4.02. The van der Waals surface area contributed by atoms with Gasteiger partial charge in [-0.3, -0.25) is 9.69 Å². The van der Waals surface area contributed by atoms with Crippen molar-refractivity contribution in [3.05, 3.63) is 86.9 Å². The maximum Gasteiger partial charge on any atom is 0.227 e. The van der Waals surface area contributed by atoms with Crippen LogP contribution in [0.15, 0.2) is 54.6 Å². The third-order valence-corrected chi connectivity index (χ3v) is 11.2. The number of phenolic OH excluding ortho intramolecular Hbond substituents is 1. The molecular weight excluding hydrogens is 571 g/mol. The lowest BCUT2D eigenvalue weighted by molar-refractivity contribution is -0.139. The molecule has 3 aromatic rings. The van der Waals surface area contributed by atoms with E-state index < -0.39 is 0 Å². The first-order chi connectivity index (χ1) is 20.3. The maximum atomic E-state index is 13.7. The smallest absolute Gasteiger partial charge is 0.227 e. The van der Waals surface area contributed by atoms with Crippen LogP contribution in [0.25, 0.3) is 0 Å². The van der Waals surface area contributed by atoms with Gasteiger partial charge in [-0.25, -0.2) is 0 Å². The molecule has 1 spiro atoms. The van der Waals surface area contributed by atoms with Crippen molar-refractivity contribution in [3.8, 4) is 17.2 Å². The van der Waals surface area contributed by atoms with Gasteiger partial charge in [0.1, 0.15) is 11.9 Å². The molecule has 7 rings (SSSR count). The molecule has 2 bridgehead atoms. The zero-order chi connectivity index (χ0) is 29.2. The summed E-state index contributed by atoms with van der Waals surface area (Å²) in [6.07, 6.45) is 4.61. The minimum absolute atomic E-state index is 0.0236. The third-order valence-electron chi connectivity index (χ3n) is 10.5. The molecular formula is C34H36Cl2N2O4. The molecule has 5 atom stereocenters. The first-order valence-electron chi connectivity index (χ1n) is 14.9. The van der Waals surface area contributed by atoms with Crippen LogP contribution in [0.4, 0.5) is 0 Å².